The minimum absolute atomic E-state index is 0.000863. The summed E-state index contributed by atoms with van der Waals surface area (Å²) in [5.41, 5.74) is 4.73. The van der Waals surface area contributed by atoms with Crippen molar-refractivity contribution >= 4 is 18.0 Å². The van der Waals surface area contributed by atoms with Gasteiger partial charge in [0.1, 0.15) is 6.61 Å². The van der Waals surface area contributed by atoms with E-state index in [1.54, 1.807) is 11.9 Å². The van der Waals surface area contributed by atoms with Gasteiger partial charge in [-0.2, -0.15) is 0 Å². The molecule has 0 bridgehead atoms. The molecule has 0 unspecified atom stereocenters. The van der Waals surface area contributed by atoms with Crippen LogP contribution >= 0.6 is 0 Å². The molecule has 2 saturated carbocycles. The maximum absolute atomic E-state index is 13.0. The molecular weight excluding hydrogens is 444 g/mol. The summed E-state index contributed by atoms with van der Waals surface area (Å²) in [6.07, 6.45) is 3.66. The van der Waals surface area contributed by atoms with Gasteiger partial charge < -0.3 is 20.1 Å². The Morgan fingerprint density at radius 2 is 1.57 bits per heavy atom. The SMILES string of the molecule is CN(C(=O)[C@@H]1CCC[C@@H](NC(=O)OCC2c3ccccc3-c3ccccc32)C1)C1CC(C(=O)O)C1. The van der Waals surface area contributed by atoms with E-state index >= 15 is 0 Å². The lowest BCUT2D eigenvalue weighted by molar-refractivity contribution is -0.151. The average molecular weight is 477 g/mol. The summed E-state index contributed by atoms with van der Waals surface area (Å²) in [6.45, 7) is 0.268. The monoisotopic (exact) mass is 476 g/mol. The van der Waals surface area contributed by atoms with Crippen LogP contribution in [0.25, 0.3) is 11.1 Å². The molecule has 2 aromatic carbocycles. The Morgan fingerprint density at radius 1 is 0.943 bits per heavy atom. The highest BCUT2D eigenvalue weighted by molar-refractivity contribution is 5.80. The molecule has 2 amide bonds. The molecule has 184 valence electrons. The molecule has 5 rings (SSSR count). The van der Waals surface area contributed by atoms with Gasteiger partial charge in [-0.05, 0) is 54.4 Å². The molecule has 0 spiro atoms. The maximum Gasteiger partial charge on any atom is 0.407 e. The highest BCUT2D eigenvalue weighted by Crippen LogP contribution is 2.44. The van der Waals surface area contributed by atoms with E-state index in [1.807, 2.05) is 24.3 Å². The third-order valence-corrected chi connectivity index (χ3v) is 8.05. The third kappa shape index (κ3) is 4.64. The number of carboxylic acid groups (broad SMARTS) is 1. The molecule has 3 aliphatic carbocycles. The van der Waals surface area contributed by atoms with Crippen LogP contribution < -0.4 is 5.32 Å². The highest BCUT2D eigenvalue weighted by atomic mass is 16.5. The van der Waals surface area contributed by atoms with Crippen LogP contribution in [-0.4, -0.2) is 53.7 Å². The Morgan fingerprint density at radius 3 is 2.20 bits per heavy atom. The van der Waals surface area contributed by atoms with Crippen LogP contribution in [0.2, 0.25) is 0 Å². The second-order valence-electron chi connectivity index (χ2n) is 10.1. The lowest BCUT2D eigenvalue weighted by atomic mass is 9.78. The molecule has 0 aromatic heterocycles. The average Bonchev–Trinajstić information content (AvgIpc) is 3.15. The van der Waals surface area contributed by atoms with Crippen molar-refractivity contribution in [2.75, 3.05) is 13.7 Å². The standard InChI is InChI=1S/C28H32N2O5/c1-30(20-14-18(15-20)27(32)33)26(31)17-7-6-8-19(13-17)29-28(34)35-16-25-23-11-4-2-9-21(23)22-10-3-5-12-24(22)25/h2-5,9-12,17-20,25H,6-8,13-16H2,1H3,(H,29,34)(H,32,33)/t17-,18?,19-,20?/m1/s1. The van der Waals surface area contributed by atoms with Crippen molar-refractivity contribution in [1.82, 2.24) is 10.2 Å². The quantitative estimate of drug-likeness (QED) is 0.644. The van der Waals surface area contributed by atoms with Crippen molar-refractivity contribution in [2.24, 2.45) is 11.8 Å². The lowest BCUT2D eigenvalue weighted by Gasteiger charge is -2.41. The van der Waals surface area contributed by atoms with E-state index in [-0.39, 0.29) is 42.4 Å². The molecule has 0 saturated heterocycles. The number of hydrogen-bond acceptors (Lipinski definition) is 4. The van der Waals surface area contributed by atoms with Crippen LogP contribution in [0.1, 0.15) is 55.6 Å². The molecule has 2 N–H and O–H groups in total. The van der Waals surface area contributed by atoms with Crippen molar-refractivity contribution in [3.8, 4) is 11.1 Å². The number of alkyl carbamates (subject to hydrolysis) is 1. The Hall–Kier alpha value is -3.35. The van der Waals surface area contributed by atoms with E-state index in [9.17, 15) is 14.4 Å². The van der Waals surface area contributed by atoms with Crippen LogP contribution in [0.15, 0.2) is 48.5 Å². The number of nitrogens with one attached hydrogen (secondary N) is 1. The van der Waals surface area contributed by atoms with E-state index < -0.39 is 12.1 Å². The number of benzene rings is 2. The first-order valence-corrected chi connectivity index (χ1v) is 12.5. The smallest absolute Gasteiger partial charge is 0.407 e. The first kappa shape index (κ1) is 23.4. The van der Waals surface area contributed by atoms with Gasteiger partial charge in [0.15, 0.2) is 0 Å². The fourth-order valence-corrected chi connectivity index (χ4v) is 5.93. The zero-order valence-corrected chi connectivity index (χ0v) is 20.0. The first-order valence-electron chi connectivity index (χ1n) is 12.5. The summed E-state index contributed by atoms with van der Waals surface area (Å²) in [5, 5.41) is 12.1. The van der Waals surface area contributed by atoms with Gasteiger partial charge in [0, 0.05) is 31.0 Å². The van der Waals surface area contributed by atoms with Crippen molar-refractivity contribution < 1.29 is 24.2 Å². The number of carbonyl (C=O) groups is 3. The normalized spacial score (nSPS) is 25.1. The van der Waals surface area contributed by atoms with Gasteiger partial charge in [0.2, 0.25) is 5.91 Å². The second kappa shape index (κ2) is 9.72. The van der Waals surface area contributed by atoms with E-state index in [0.717, 1.165) is 19.3 Å². The van der Waals surface area contributed by atoms with Crippen LogP contribution in [-0.2, 0) is 14.3 Å². The number of aliphatic carboxylic acids is 1. The van der Waals surface area contributed by atoms with Crippen molar-refractivity contribution in [2.45, 2.75) is 56.5 Å². The van der Waals surface area contributed by atoms with Crippen molar-refractivity contribution in [3.63, 3.8) is 0 Å². The molecule has 0 aliphatic heterocycles. The fraction of sp³-hybridized carbons (Fsp3) is 0.464. The van der Waals surface area contributed by atoms with Crippen molar-refractivity contribution in [1.29, 1.82) is 0 Å². The molecule has 3 aliphatic rings. The number of ether oxygens (including phenoxy) is 1. The number of rotatable bonds is 6. The Labute approximate surface area is 205 Å². The number of hydrogen-bond donors (Lipinski definition) is 2. The molecule has 2 fully saturated rings. The van der Waals surface area contributed by atoms with E-state index in [4.69, 9.17) is 9.84 Å². The van der Waals surface area contributed by atoms with Gasteiger partial charge in [0.25, 0.3) is 0 Å². The Kier molecular flexibility index (Phi) is 6.50. The Balaban J connectivity index is 1.14. The number of amides is 2. The zero-order chi connectivity index (χ0) is 24.5. The molecule has 2 atom stereocenters. The number of carboxylic acids is 1. The minimum Gasteiger partial charge on any atom is -0.481 e. The summed E-state index contributed by atoms with van der Waals surface area (Å²) in [4.78, 5) is 38.5. The van der Waals surface area contributed by atoms with Crippen LogP contribution in [0.4, 0.5) is 4.79 Å². The predicted molar refractivity (Wildman–Crippen MR) is 131 cm³/mol. The van der Waals surface area contributed by atoms with Gasteiger partial charge in [-0.1, -0.05) is 55.0 Å². The van der Waals surface area contributed by atoms with Gasteiger partial charge >= 0.3 is 12.1 Å². The molecule has 0 heterocycles. The molecule has 7 heteroatoms. The number of nitrogens with zero attached hydrogens (tertiary/aromatic N) is 1. The summed E-state index contributed by atoms with van der Waals surface area (Å²) in [5.74, 6) is -1.22. The molecule has 35 heavy (non-hydrogen) atoms. The van der Waals surface area contributed by atoms with Gasteiger partial charge in [0.05, 0.1) is 5.92 Å². The number of carbonyl (C=O) groups excluding carboxylic acids is 2. The highest BCUT2D eigenvalue weighted by Gasteiger charge is 2.40. The van der Waals surface area contributed by atoms with Gasteiger partial charge in [-0.15, -0.1) is 0 Å². The molecule has 0 radical (unpaired) electrons. The zero-order valence-electron chi connectivity index (χ0n) is 20.0. The molecular formula is C28H32N2O5. The lowest BCUT2D eigenvalue weighted by Crippen LogP contribution is -2.51. The Bertz CT molecular complexity index is 1080. The molecule has 2 aromatic rings. The van der Waals surface area contributed by atoms with Gasteiger partial charge in [-0.25, -0.2) is 4.79 Å². The minimum atomic E-state index is -0.785. The molecule has 7 nitrogen and oxygen atoms in total. The topological polar surface area (TPSA) is 95.9 Å². The fourth-order valence-electron chi connectivity index (χ4n) is 5.93. The van der Waals surface area contributed by atoms with E-state index in [0.29, 0.717) is 19.3 Å². The summed E-state index contributed by atoms with van der Waals surface area (Å²) < 4.78 is 5.68. The van der Waals surface area contributed by atoms with Crippen LogP contribution in [0.3, 0.4) is 0 Å². The van der Waals surface area contributed by atoms with E-state index in [1.165, 1.54) is 22.3 Å². The second-order valence-corrected chi connectivity index (χ2v) is 10.1. The maximum atomic E-state index is 13.0. The largest absolute Gasteiger partial charge is 0.481 e. The van der Waals surface area contributed by atoms with Gasteiger partial charge in [-0.3, -0.25) is 9.59 Å². The van der Waals surface area contributed by atoms with E-state index in [2.05, 4.69) is 29.6 Å². The summed E-state index contributed by atoms with van der Waals surface area (Å²) >= 11 is 0. The van der Waals surface area contributed by atoms with Crippen molar-refractivity contribution in [3.05, 3.63) is 59.7 Å². The first-order chi connectivity index (χ1) is 16.9. The summed E-state index contributed by atoms with van der Waals surface area (Å²) in [6, 6.07) is 16.4. The van der Waals surface area contributed by atoms with Crippen LogP contribution in [0, 0.1) is 11.8 Å². The predicted octanol–water partition coefficient (Wildman–Crippen LogP) is 4.41. The third-order valence-electron chi connectivity index (χ3n) is 8.05. The summed E-state index contributed by atoms with van der Waals surface area (Å²) in [7, 11) is 1.77. The van der Waals surface area contributed by atoms with Crippen LogP contribution in [0.5, 0.6) is 0 Å². The number of fused-ring (bicyclic) bond motifs is 3.